The summed E-state index contributed by atoms with van der Waals surface area (Å²) >= 11 is 1.66. The van der Waals surface area contributed by atoms with E-state index in [0.717, 1.165) is 17.1 Å². The number of benzene rings is 1. The van der Waals surface area contributed by atoms with Crippen molar-refractivity contribution < 1.29 is 4.39 Å². The third kappa shape index (κ3) is 4.01. The number of nitrogens with zero attached hydrogens (tertiary/aromatic N) is 1. The summed E-state index contributed by atoms with van der Waals surface area (Å²) in [5.74, 6) is 0.645. The molecule has 0 spiro atoms. The first kappa shape index (κ1) is 13.4. The Morgan fingerprint density at radius 1 is 1.44 bits per heavy atom. The van der Waals surface area contributed by atoms with Gasteiger partial charge in [0, 0.05) is 16.7 Å². The molecule has 1 N–H and O–H groups in total. The summed E-state index contributed by atoms with van der Waals surface area (Å²) in [5, 5.41) is 12.6. The van der Waals surface area contributed by atoms with Crippen molar-refractivity contribution in [3.05, 3.63) is 30.1 Å². The van der Waals surface area contributed by atoms with Crippen molar-refractivity contribution in [2.75, 3.05) is 5.75 Å². The van der Waals surface area contributed by atoms with E-state index in [4.69, 9.17) is 0 Å². The quantitative estimate of drug-likeness (QED) is 0.800. The second-order valence-corrected chi connectivity index (χ2v) is 6.08. The summed E-state index contributed by atoms with van der Waals surface area (Å²) in [5.41, 5.74) is -0.436. The summed E-state index contributed by atoms with van der Waals surface area (Å²) in [4.78, 5) is 1.04. The molecule has 1 aromatic carbocycles. The molecule has 0 saturated heterocycles. The van der Waals surface area contributed by atoms with Crippen molar-refractivity contribution in [3.8, 4) is 6.07 Å². The molecule has 0 bridgehead atoms. The van der Waals surface area contributed by atoms with Crippen LogP contribution in [0.2, 0.25) is 0 Å². The number of nitrogens with one attached hydrogen (secondary N) is 1. The molecular weight excluding hydrogens is 247 g/mol. The van der Waals surface area contributed by atoms with E-state index in [2.05, 4.69) is 11.4 Å². The minimum Gasteiger partial charge on any atom is -0.297 e. The fourth-order valence-electron chi connectivity index (χ4n) is 1.74. The lowest BCUT2D eigenvalue weighted by molar-refractivity contribution is 0.434. The summed E-state index contributed by atoms with van der Waals surface area (Å²) in [7, 11) is 0. The van der Waals surface area contributed by atoms with Crippen LogP contribution in [-0.4, -0.2) is 17.3 Å². The van der Waals surface area contributed by atoms with Crippen LogP contribution in [0.4, 0.5) is 4.39 Å². The van der Waals surface area contributed by atoms with Gasteiger partial charge in [0.1, 0.15) is 11.4 Å². The molecule has 1 unspecified atom stereocenters. The van der Waals surface area contributed by atoms with Gasteiger partial charge in [-0.25, -0.2) is 4.39 Å². The molecule has 2 nitrogen and oxygen atoms in total. The first-order valence-corrected chi connectivity index (χ1v) is 7.17. The molecule has 0 aliphatic heterocycles. The number of rotatable bonds is 6. The topological polar surface area (TPSA) is 35.8 Å². The van der Waals surface area contributed by atoms with Gasteiger partial charge in [-0.1, -0.05) is 0 Å². The van der Waals surface area contributed by atoms with Crippen molar-refractivity contribution >= 4 is 11.8 Å². The summed E-state index contributed by atoms with van der Waals surface area (Å²) in [6.45, 7) is 1.95. The van der Waals surface area contributed by atoms with Crippen molar-refractivity contribution in [1.29, 1.82) is 5.26 Å². The van der Waals surface area contributed by atoms with Crippen LogP contribution < -0.4 is 5.32 Å². The Labute approximate surface area is 112 Å². The van der Waals surface area contributed by atoms with Crippen LogP contribution >= 0.6 is 11.8 Å². The first-order valence-electron chi connectivity index (χ1n) is 6.19. The SMILES string of the molecule is CC(C#N)(CCSc1ccc(F)cc1)NC1CC1. The minimum absolute atomic E-state index is 0.211. The molecule has 96 valence electrons. The Morgan fingerprint density at radius 2 is 2.11 bits per heavy atom. The number of hydrogen-bond acceptors (Lipinski definition) is 3. The number of nitriles is 1. The molecule has 1 saturated carbocycles. The van der Waals surface area contributed by atoms with Crippen LogP contribution in [-0.2, 0) is 0 Å². The van der Waals surface area contributed by atoms with Gasteiger partial charge in [0.15, 0.2) is 0 Å². The highest BCUT2D eigenvalue weighted by molar-refractivity contribution is 7.99. The van der Waals surface area contributed by atoms with Crippen molar-refractivity contribution in [2.24, 2.45) is 0 Å². The van der Waals surface area contributed by atoms with Crippen molar-refractivity contribution in [2.45, 2.75) is 42.7 Å². The van der Waals surface area contributed by atoms with E-state index in [9.17, 15) is 9.65 Å². The normalized spacial score (nSPS) is 18.1. The van der Waals surface area contributed by atoms with E-state index in [1.165, 1.54) is 25.0 Å². The predicted molar refractivity (Wildman–Crippen MR) is 71.9 cm³/mol. The molecule has 0 amide bonds. The Bertz CT molecular complexity index is 436. The van der Waals surface area contributed by atoms with E-state index in [-0.39, 0.29) is 5.82 Å². The zero-order chi connectivity index (χ0) is 13.0. The maximum atomic E-state index is 12.7. The molecule has 1 aromatic rings. The highest BCUT2D eigenvalue weighted by Gasteiger charge is 2.31. The standard InChI is InChI=1S/C14H17FN2S/c1-14(10-16,17-12-4-5-12)8-9-18-13-6-2-11(15)3-7-13/h2-3,6-7,12,17H,4-5,8-9H2,1H3. The fourth-order valence-corrected chi connectivity index (χ4v) is 2.82. The second kappa shape index (κ2) is 5.73. The largest absolute Gasteiger partial charge is 0.297 e. The minimum atomic E-state index is -0.436. The van der Waals surface area contributed by atoms with Gasteiger partial charge in [0.25, 0.3) is 0 Å². The average molecular weight is 264 g/mol. The van der Waals surface area contributed by atoms with Gasteiger partial charge in [-0.3, -0.25) is 5.32 Å². The van der Waals surface area contributed by atoms with E-state index < -0.39 is 5.54 Å². The van der Waals surface area contributed by atoms with Crippen LogP contribution in [0.25, 0.3) is 0 Å². The predicted octanol–water partition coefficient (Wildman–Crippen LogP) is 3.34. The maximum absolute atomic E-state index is 12.7. The van der Waals surface area contributed by atoms with Crippen LogP contribution in [0.3, 0.4) is 0 Å². The lowest BCUT2D eigenvalue weighted by Gasteiger charge is -2.22. The third-order valence-electron chi connectivity index (χ3n) is 3.03. The lowest BCUT2D eigenvalue weighted by atomic mass is 10.0. The average Bonchev–Trinajstić information content (AvgIpc) is 3.15. The smallest absolute Gasteiger partial charge is 0.123 e. The van der Waals surface area contributed by atoms with Gasteiger partial charge in [-0.05, 0) is 50.5 Å². The van der Waals surface area contributed by atoms with Gasteiger partial charge in [-0.15, -0.1) is 11.8 Å². The van der Waals surface area contributed by atoms with Gasteiger partial charge in [0.2, 0.25) is 0 Å². The number of hydrogen-bond donors (Lipinski definition) is 1. The van der Waals surface area contributed by atoms with Crippen LogP contribution in [0.5, 0.6) is 0 Å². The molecule has 0 aromatic heterocycles. The van der Waals surface area contributed by atoms with Crippen LogP contribution in [0.15, 0.2) is 29.2 Å². The fraction of sp³-hybridized carbons (Fsp3) is 0.500. The molecular formula is C14H17FN2S. The van der Waals surface area contributed by atoms with Crippen LogP contribution in [0, 0.1) is 17.1 Å². The summed E-state index contributed by atoms with van der Waals surface area (Å²) in [6, 6.07) is 9.38. The molecule has 1 aliphatic rings. The van der Waals surface area contributed by atoms with E-state index in [0.29, 0.717) is 6.04 Å². The molecule has 4 heteroatoms. The van der Waals surface area contributed by atoms with E-state index in [1.807, 2.05) is 6.92 Å². The molecule has 1 atom stereocenters. The number of thioether (sulfide) groups is 1. The van der Waals surface area contributed by atoms with Gasteiger partial charge in [0.05, 0.1) is 6.07 Å². The number of halogens is 1. The highest BCUT2D eigenvalue weighted by atomic mass is 32.2. The summed E-state index contributed by atoms with van der Waals surface area (Å²) < 4.78 is 12.7. The Balaban J connectivity index is 1.79. The van der Waals surface area contributed by atoms with Gasteiger partial charge in [-0.2, -0.15) is 5.26 Å². The Hall–Kier alpha value is -1.05. The zero-order valence-electron chi connectivity index (χ0n) is 10.4. The zero-order valence-corrected chi connectivity index (χ0v) is 11.3. The maximum Gasteiger partial charge on any atom is 0.123 e. The third-order valence-corrected chi connectivity index (χ3v) is 4.04. The van der Waals surface area contributed by atoms with Gasteiger partial charge < -0.3 is 0 Å². The Kier molecular flexibility index (Phi) is 4.26. The second-order valence-electron chi connectivity index (χ2n) is 4.91. The molecule has 0 radical (unpaired) electrons. The Morgan fingerprint density at radius 3 is 2.67 bits per heavy atom. The monoisotopic (exact) mass is 264 g/mol. The molecule has 1 aliphatic carbocycles. The summed E-state index contributed by atoms with van der Waals surface area (Å²) in [6.07, 6.45) is 3.16. The highest BCUT2D eigenvalue weighted by Crippen LogP contribution is 2.26. The van der Waals surface area contributed by atoms with Crippen LogP contribution in [0.1, 0.15) is 26.2 Å². The lowest BCUT2D eigenvalue weighted by Crippen LogP contribution is -2.42. The van der Waals surface area contributed by atoms with Crippen molar-refractivity contribution in [1.82, 2.24) is 5.32 Å². The van der Waals surface area contributed by atoms with Crippen molar-refractivity contribution in [3.63, 3.8) is 0 Å². The first-order chi connectivity index (χ1) is 8.61. The van der Waals surface area contributed by atoms with E-state index >= 15 is 0 Å². The molecule has 0 heterocycles. The van der Waals surface area contributed by atoms with Gasteiger partial charge >= 0.3 is 0 Å². The molecule has 1 fully saturated rings. The molecule has 18 heavy (non-hydrogen) atoms. The van der Waals surface area contributed by atoms with E-state index in [1.54, 1.807) is 23.9 Å². The molecule has 2 rings (SSSR count).